The van der Waals surface area contributed by atoms with Crippen LogP contribution < -0.4 is 10.2 Å². The number of para-hydroxylation sites is 1. The molecule has 1 fully saturated rings. The third kappa shape index (κ3) is 3.50. The van der Waals surface area contributed by atoms with Gasteiger partial charge in [0.15, 0.2) is 0 Å². The Kier molecular flexibility index (Phi) is 4.07. The second kappa shape index (κ2) is 5.96. The van der Waals surface area contributed by atoms with E-state index in [0.717, 1.165) is 12.0 Å². The summed E-state index contributed by atoms with van der Waals surface area (Å²) in [5, 5.41) is 3.66. The predicted octanol–water partition coefficient (Wildman–Crippen LogP) is 3.22. The molecule has 1 heterocycles. The number of hydrogen-bond acceptors (Lipinski definition) is 2. The maximum Gasteiger partial charge on any atom is 0.0398 e. The second-order valence-corrected chi connectivity index (χ2v) is 6.32. The van der Waals surface area contributed by atoms with E-state index in [4.69, 9.17) is 0 Å². The highest BCUT2D eigenvalue weighted by Crippen LogP contribution is 2.26. The molecule has 3 rings (SSSR count). The maximum absolute atomic E-state index is 3.66. The van der Waals surface area contributed by atoms with Crippen molar-refractivity contribution in [3.8, 4) is 0 Å². The summed E-state index contributed by atoms with van der Waals surface area (Å²) in [4.78, 5) is 2.61. The minimum absolute atomic E-state index is 0.728. The van der Waals surface area contributed by atoms with Crippen LogP contribution in [0.1, 0.15) is 38.2 Å². The van der Waals surface area contributed by atoms with Crippen molar-refractivity contribution in [2.75, 3.05) is 24.5 Å². The normalized spacial score (nSPS) is 20.8. The predicted molar refractivity (Wildman–Crippen MR) is 81.8 cm³/mol. The first kappa shape index (κ1) is 13.0. The highest BCUT2D eigenvalue weighted by Gasteiger charge is 2.22. The first-order chi connectivity index (χ1) is 9.33. The van der Waals surface area contributed by atoms with Crippen molar-refractivity contribution < 1.29 is 0 Å². The molecule has 0 bridgehead atoms. The molecule has 1 aromatic rings. The van der Waals surface area contributed by atoms with Gasteiger partial charge in [0.25, 0.3) is 0 Å². The number of fused-ring (bicyclic) bond motifs is 1. The van der Waals surface area contributed by atoms with Gasteiger partial charge in [0, 0.05) is 24.8 Å². The summed E-state index contributed by atoms with van der Waals surface area (Å²) in [6, 6.07) is 9.81. The number of nitrogens with one attached hydrogen (secondary N) is 1. The molecular weight excluding hydrogens is 232 g/mol. The van der Waals surface area contributed by atoms with Crippen molar-refractivity contribution >= 4 is 5.69 Å². The maximum atomic E-state index is 3.66. The first-order valence-corrected chi connectivity index (χ1v) is 7.89. The average Bonchev–Trinajstić information content (AvgIpc) is 3.24. The standard InChI is InChI=1S/C17H26N2/c1-14(12-18-16-9-10-16)13-19-11-5-4-7-15-6-2-3-8-17(15)19/h2-3,6,8,14,16,18H,4-5,7,9-13H2,1H3. The molecule has 2 aliphatic rings. The van der Waals surface area contributed by atoms with Gasteiger partial charge in [-0.2, -0.15) is 0 Å². The van der Waals surface area contributed by atoms with Crippen LogP contribution in [-0.4, -0.2) is 25.7 Å². The van der Waals surface area contributed by atoms with Gasteiger partial charge in [0.05, 0.1) is 0 Å². The Morgan fingerprint density at radius 2 is 2.11 bits per heavy atom. The Labute approximate surface area is 117 Å². The zero-order valence-corrected chi connectivity index (χ0v) is 12.1. The molecule has 1 aliphatic heterocycles. The van der Waals surface area contributed by atoms with Crippen molar-refractivity contribution in [3.05, 3.63) is 29.8 Å². The van der Waals surface area contributed by atoms with Crippen LogP contribution in [-0.2, 0) is 6.42 Å². The van der Waals surface area contributed by atoms with E-state index in [1.807, 2.05) is 0 Å². The Morgan fingerprint density at radius 1 is 1.26 bits per heavy atom. The summed E-state index contributed by atoms with van der Waals surface area (Å²) < 4.78 is 0. The fourth-order valence-electron chi connectivity index (χ4n) is 3.06. The van der Waals surface area contributed by atoms with Crippen LogP contribution >= 0.6 is 0 Å². The summed E-state index contributed by atoms with van der Waals surface area (Å²) in [7, 11) is 0. The highest BCUT2D eigenvalue weighted by molar-refractivity contribution is 5.54. The molecule has 2 nitrogen and oxygen atoms in total. The Balaban J connectivity index is 1.62. The van der Waals surface area contributed by atoms with E-state index < -0.39 is 0 Å². The molecule has 0 spiro atoms. The topological polar surface area (TPSA) is 15.3 Å². The van der Waals surface area contributed by atoms with Gasteiger partial charge in [-0.25, -0.2) is 0 Å². The molecule has 1 saturated carbocycles. The fraction of sp³-hybridized carbons (Fsp3) is 0.647. The molecule has 0 aromatic heterocycles. The Bertz CT molecular complexity index is 411. The van der Waals surface area contributed by atoms with Gasteiger partial charge in [-0.3, -0.25) is 0 Å². The molecule has 2 heteroatoms. The van der Waals surface area contributed by atoms with Crippen LogP contribution in [0.4, 0.5) is 5.69 Å². The summed E-state index contributed by atoms with van der Waals surface area (Å²) >= 11 is 0. The van der Waals surface area contributed by atoms with Crippen molar-refractivity contribution in [2.24, 2.45) is 5.92 Å². The first-order valence-electron chi connectivity index (χ1n) is 7.89. The molecule has 1 aromatic carbocycles. The van der Waals surface area contributed by atoms with Gasteiger partial charge >= 0.3 is 0 Å². The largest absolute Gasteiger partial charge is 0.371 e. The van der Waals surface area contributed by atoms with Gasteiger partial charge in [-0.05, 0) is 56.2 Å². The van der Waals surface area contributed by atoms with Crippen LogP contribution in [0.2, 0.25) is 0 Å². The van der Waals surface area contributed by atoms with Gasteiger partial charge in [0.2, 0.25) is 0 Å². The molecular formula is C17H26N2. The van der Waals surface area contributed by atoms with E-state index in [-0.39, 0.29) is 0 Å². The number of anilines is 1. The zero-order valence-electron chi connectivity index (χ0n) is 12.1. The fourth-order valence-corrected chi connectivity index (χ4v) is 3.06. The molecule has 0 saturated heterocycles. The number of nitrogens with zero attached hydrogens (tertiary/aromatic N) is 1. The van der Waals surface area contributed by atoms with E-state index in [2.05, 4.69) is 41.4 Å². The lowest BCUT2D eigenvalue weighted by Gasteiger charge is -2.28. The number of rotatable bonds is 5. The molecule has 1 aliphatic carbocycles. The molecule has 1 unspecified atom stereocenters. The van der Waals surface area contributed by atoms with Gasteiger partial charge in [-0.15, -0.1) is 0 Å². The molecule has 19 heavy (non-hydrogen) atoms. The zero-order chi connectivity index (χ0) is 13.1. The molecule has 1 atom stereocenters. The van der Waals surface area contributed by atoms with Crippen LogP contribution in [0.5, 0.6) is 0 Å². The van der Waals surface area contributed by atoms with E-state index in [0.29, 0.717) is 0 Å². The van der Waals surface area contributed by atoms with Crippen molar-refractivity contribution in [1.29, 1.82) is 0 Å². The summed E-state index contributed by atoms with van der Waals surface area (Å²) in [5.41, 5.74) is 3.03. The van der Waals surface area contributed by atoms with Crippen LogP contribution in [0, 0.1) is 5.92 Å². The van der Waals surface area contributed by atoms with E-state index in [1.54, 1.807) is 5.56 Å². The number of hydrogen-bond donors (Lipinski definition) is 1. The van der Waals surface area contributed by atoms with Crippen LogP contribution in [0.15, 0.2) is 24.3 Å². The second-order valence-electron chi connectivity index (χ2n) is 6.32. The summed E-state index contributed by atoms with van der Waals surface area (Å²) in [6.45, 7) is 5.97. The van der Waals surface area contributed by atoms with Gasteiger partial charge < -0.3 is 10.2 Å². The van der Waals surface area contributed by atoms with Crippen molar-refractivity contribution in [2.45, 2.75) is 45.1 Å². The molecule has 0 amide bonds. The molecule has 0 radical (unpaired) electrons. The minimum Gasteiger partial charge on any atom is -0.371 e. The van der Waals surface area contributed by atoms with E-state index in [1.165, 1.54) is 57.4 Å². The summed E-state index contributed by atoms with van der Waals surface area (Å²) in [6.07, 6.45) is 6.69. The summed E-state index contributed by atoms with van der Waals surface area (Å²) in [5.74, 6) is 0.728. The lowest BCUT2D eigenvalue weighted by atomic mass is 10.1. The SMILES string of the molecule is CC(CNC1CC1)CN1CCCCc2ccccc21. The minimum atomic E-state index is 0.728. The highest BCUT2D eigenvalue weighted by atomic mass is 15.1. The number of benzene rings is 1. The quantitative estimate of drug-likeness (QED) is 0.872. The monoisotopic (exact) mass is 258 g/mol. The molecule has 104 valence electrons. The Morgan fingerprint density at radius 3 is 2.95 bits per heavy atom. The lowest BCUT2D eigenvalue weighted by molar-refractivity contribution is 0.500. The van der Waals surface area contributed by atoms with Crippen LogP contribution in [0.25, 0.3) is 0 Å². The van der Waals surface area contributed by atoms with Crippen molar-refractivity contribution in [3.63, 3.8) is 0 Å². The molecule has 1 N–H and O–H groups in total. The smallest absolute Gasteiger partial charge is 0.0398 e. The van der Waals surface area contributed by atoms with Gasteiger partial charge in [0.1, 0.15) is 0 Å². The Hall–Kier alpha value is -1.02. The lowest BCUT2D eigenvalue weighted by Crippen LogP contribution is -2.34. The number of aryl methyl sites for hydroxylation is 1. The van der Waals surface area contributed by atoms with E-state index >= 15 is 0 Å². The van der Waals surface area contributed by atoms with Gasteiger partial charge in [-0.1, -0.05) is 25.1 Å². The van der Waals surface area contributed by atoms with Crippen molar-refractivity contribution in [1.82, 2.24) is 5.32 Å². The van der Waals surface area contributed by atoms with E-state index in [9.17, 15) is 0 Å². The third-order valence-electron chi connectivity index (χ3n) is 4.32. The average molecular weight is 258 g/mol. The van der Waals surface area contributed by atoms with Crippen LogP contribution in [0.3, 0.4) is 0 Å². The third-order valence-corrected chi connectivity index (χ3v) is 4.32.